The molecule has 0 radical (unpaired) electrons. The summed E-state index contributed by atoms with van der Waals surface area (Å²) in [7, 11) is -0.244. The lowest BCUT2D eigenvalue weighted by atomic mass is 10.0. The summed E-state index contributed by atoms with van der Waals surface area (Å²) in [5.41, 5.74) is 1.26. The molecule has 0 rings (SSSR count). The van der Waals surface area contributed by atoms with E-state index in [2.05, 4.69) is 13.8 Å². The summed E-state index contributed by atoms with van der Waals surface area (Å²) in [6.07, 6.45) is 1.94. The van der Waals surface area contributed by atoms with Gasteiger partial charge in [0.2, 0.25) is 0 Å². The van der Waals surface area contributed by atoms with Crippen molar-refractivity contribution in [3.63, 3.8) is 0 Å². The molecule has 0 aliphatic rings. The summed E-state index contributed by atoms with van der Waals surface area (Å²) >= 11 is 0. The van der Waals surface area contributed by atoms with Crippen LogP contribution >= 0.6 is 8.69 Å². The highest BCUT2D eigenvalue weighted by atomic mass is 31.1. The summed E-state index contributed by atoms with van der Waals surface area (Å²) in [6.45, 7) is 8.27. The van der Waals surface area contributed by atoms with Crippen LogP contribution in [0.2, 0.25) is 0 Å². The van der Waals surface area contributed by atoms with Crippen LogP contribution in [0.4, 0.5) is 0 Å². The molecule has 0 aromatic carbocycles. The van der Waals surface area contributed by atoms with E-state index in [1.54, 1.807) is 0 Å². The minimum absolute atomic E-state index is 0.244. The monoisotopic (exact) mass is 188 g/mol. The predicted octanol–water partition coefficient (Wildman–Crippen LogP) is 3.94. The molecule has 0 aromatic heterocycles. The van der Waals surface area contributed by atoms with Gasteiger partial charge in [-0.15, -0.1) is 0 Å². The predicted molar refractivity (Wildman–Crippen MR) is 51.1 cm³/mol. The van der Waals surface area contributed by atoms with Crippen molar-refractivity contribution in [3.05, 3.63) is 11.3 Å². The smallest absolute Gasteiger partial charge is 0.395 e. The van der Waals surface area contributed by atoms with Gasteiger partial charge in [0.1, 0.15) is 5.76 Å². The second-order valence-corrected chi connectivity index (χ2v) is 3.33. The zero-order chi connectivity index (χ0) is 9.56. The fraction of sp³-hybridized carbons (Fsp3) is 0.778. The molecule has 0 N–H and O–H groups in total. The van der Waals surface area contributed by atoms with Crippen molar-refractivity contribution in [2.45, 2.75) is 40.5 Å². The Kier molecular flexibility index (Phi) is 6.00. The van der Waals surface area contributed by atoms with Gasteiger partial charge in [-0.05, 0) is 18.4 Å². The van der Waals surface area contributed by atoms with E-state index in [1.165, 1.54) is 5.57 Å². The molecule has 0 bridgehead atoms. The molecular formula is C9H17O2P. The maximum atomic E-state index is 10.3. The second-order valence-electron chi connectivity index (χ2n) is 3.00. The first-order valence-electron chi connectivity index (χ1n) is 4.38. The minimum Gasteiger partial charge on any atom is -0.412 e. The van der Waals surface area contributed by atoms with Gasteiger partial charge in [0.15, 0.2) is 0 Å². The third-order valence-electron chi connectivity index (χ3n) is 1.86. The topological polar surface area (TPSA) is 26.3 Å². The van der Waals surface area contributed by atoms with Gasteiger partial charge in [-0.3, -0.25) is 0 Å². The second kappa shape index (κ2) is 6.19. The van der Waals surface area contributed by atoms with E-state index < -0.39 is 0 Å². The Morgan fingerprint density at radius 3 is 2.08 bits per heavy atom. The first-order valence-corrected chi connectivity index (χ1v) is 5.11. The Morgan fingerprint density at radius 2 is 1.83 bits per heavy atom. The van der Waals surface area contributed by atoms with E-state index in [9.17, 15) is 4.57 Å². The zero-order valence-corrected chi connectivity index (χ0v) is 9.15. The Balaban J connectivity index is 4.62. The van der Waals surface area contributed by atoms with Crippen LogP contribution in [0.5, 0.6) is 0 Å². The lowest BCUT2D eigenvalue weighted by Gasteiger charge is -2.12. The fourth-order valence-corrected chi connectivity index (χ4v) is 1.64. The third-order valence-corrected chi connectivity index (χ3v) is 2.13. The summed E-state index contributed by atoms with van der Waals surface area (Å²) in [4.78, 5) is 0. The largest absolute Gasteiger partial charge is 0.412 e. The highest BCUT2D eigenvalue weighted by molar-refractivity contribution is 7.17. The number of rotatable bonds is 5. The van der Waals surface area contributed by atoms with Gasteiger partial charge in [0, 0.05) is 5.92 Å². The fourth-order valence-electron chi connectivity index (χ4n) is 1.22. The van der Waals surface area contributed by atoms with Crippen molar-refractivity contribution in [2.75, 3.05) is 0 Å². The van der Waals surface area contributed by atoms with Crippen molar-refractivity contribution in [2.24, 2.45) is 5.92 Å². The summed E-state index contributed by atoms with van der Waals surface area (Å²) in [5, 5.41) is 0. The van der Waals surface area contributed by atoms with Gasteiger partial charge in [-0.2, -0.15) is 0 Å². The third kappa shape index (κ3) is 3.36. The quantitative estimate of drug-likeness (QED) is 0.482. The molecule has 0 unspecified atom stereocenters. The lowest BCUT2D eigenvalue weighted by Crippen LogP contribution is -1.99. The molecule has 0 atom stereocenters. The van der Waals surface area contributed by atoms with E-state index in [-0.39, 0.29) is 8.69 Å². The van der Waals surface area contributed by atoms with E-state index in [1.807, 2.05) is 13.8 Å². The molecule has 0 aliphatic heterocycles. The number of hydrogen-bond donors (Lipinski definition) is 0. The summed E-state index contributed by atoms with van der Waals surface area (Å²) in [6, 6.07) is 0. The van der Waals surface area contributed by atoms with Crippen molar-refractivity contribution in [1.82, 2.24) is 0 Å². The van der Waals surface area contributed by atoms with Crippen LogP contribution in [0.1, 0.15) is 40.5 Å². The van der Waals surface area contributed by atoms with E-state index in [4.69, 9.17) is 4.52 Å². The van der Waals surface area contributed by atoms with Gasteiger partial charge in [0.25, 0.3) is 0 Å². The average Bonchev–Trinajstić information content (AvgIpc) is 2.05. The Labute approximate surface area is 76.3 Å². The van der Waals surface area contributed by atoms with E-state index >= 15 is 0 Å². The van der Waals surface area contributed by atoms with Crippen LogP contribution in [-0.2, 0) is 9.09 Å². The maximum absolute atomic E-state index is 10.3. The number of hydrogen-bond acceptors (Lipinski definition) is 2. The molecule has 0 saturated carbocycles. The molecule has 70 valence electrons. The molecule has 2 nitrogen and oxygen atoms in total. The SMILES string of the molecule is CCC(CC)=C(OP=O)C(C)C. The Hall–Kier alpha value is -0.360. The Morgan fingerprint density at radius 1 is 1.33 bits per heavy atom. The van der Waals surface area contributed by atoms with Crippen molar-refractivity contribution < 1.29 is 9.09 Å². The molecule has 3 heteroatoms. The standard InChI is InChI=1S/C9H17O2P/c1-5-8(6-2)9(7(3)4)11-12-10/h7H,5-6H2,1-4H3. The lowest BCUT2D eigenvalue weighted by molar-refractivity contribution is 0.378. The molecule has 0 amide bonds. The number of allylic oxidation sites excluding steroid dienone is 2. The van der Waals surface area contributed by atoms with Crippen molar-refractivity contribution >= 4 is 8.69 Å². The van der Waals surface area contributed by atoms with E-state index in [0.29, 0.717) is 5.92 Å². The van der Waals surface area contributed by atoms with Crippen LogP contribution in [0.3, 0.4) is 0 Å². The molecule has 12 heavy (non-hydrogen) atoms. The molecular weight excluding hydrogens is 171 g/mol. The highest BCUT2D eigenvalue weighted by Gasteiger charge is 2.09. The van der Waals surface area contributed by atoms with Gasteiger partial charge >= 0.3 is 8.69 Å². The highest BCUT2D eigenvalue weighted by Crippen LogP contribution is 2.24. The van der Waals surface area contributed by atoms with Crippen LogP contribution in [0, 0.1) is 5.92 Å². The van der Waals surface area contributed by atoms with Gasteiger partial charge in [-0.25, -0.2) is 4.57 Å². The molecule has 0 saturated heterocycles. The van der Waals surface area contributed by atoms with Gasteiger partial charge in [-0.1, -0.05) is 27.7 Å². The minimum atomic E-state index is -0.244. The van der Waals surface area contributed by atoms with Crippen LogP contribution < -0.4 is 0 Å². The Bertz CT molecular complexity index is 167. The molecule has 0 spiro atoms. The maximum Gasteiger partial charge on any atom is 0.395 e. The van der Waals surface area contributed by atoms with Crippen LogP contribution in [0.15, 0.2) is 11.3 Å². The summed E-state index contributed by atoms with van der Waals surface area (Å²) in [5.74, 6) is 1.21. The normalized spacial score (nSPS) is 10.4. The summed E-state index contributed by atoms with van der Waals surface area (Å²) < 4.78 is 15.3. The molecule has 0 heterocycles. The molecule has 0 aliphatic carbocycles. The first kappa shape index (κ1) is 11.6. The first-order chi connectivity index (χ1) is 5.67. The van der Waals surface area contributed by atoms with Crippen molar-refractivity contribution in [1.29, 1.82) is 0 Å². The van der Waals surface area contributed by atoms with Crippen molar-refractivity contribution in [3.8, 4) is 0 Å². The van der Waals surface area contributed by atoms with Gasteiger partial charge < -0.3 is 4.52 Å². The molecule has 0 aromatic rings. The zero-order valence-electron chi connectivity index (χ0n) is 8.26. The van der Waals surface area contributed by atoms with Gasteiger partial charge in [0.05, 0.1) is 0 Å². The van der Waals surface area contributed by atoms with Crippen LogP contribution in [-0.4, -0.2) is 0 Å². The van der Waals surface area contributed by atoms with E-state index in [0.717, 1.165) is 18.6 Å². The molecule has 0 fully saturated rings. The van der Waals surface area contributed by atoms with Crippen LogP contribution in [0.25, 0.3) is 0 Å². The average molecular weight is 188 g/mol.